The molecule has 54 heavy (non-hydrogen) atoms. The Morgan fingerprint density at radius 1 is 0.574 bits per heavy atom. The number of hydrogen-bond donors (Lipinski definition) is 3. The van der Waals surface area contributed by atoms with Crippen LogP contribution in [0.15, 0.2) is 72.9 Å². The third-order valence-electron chi connectivity index (χ3n) is 7.93. The van der Waals surface area contributed by atoms with Gasteiger partial charge in [0.05, 0.1) is 13.2 Å². The maximum atomic E-state index is 12.6. The van der Waals surface area contributed by atoms with Gasteiger partial charge in [-0.05, 0) is 89.9 Å². The molecule has 0 bridgehead atoms. The van der Waals surface area contributed by atoms with Crippen molar-refractivity contribution in [1.82, 2.24) is 0 Å². The van der Waals surface area contributed by atoms with Crippen molar-refractivity contribution in [2.75, 3.05) is 19.8 Å². The highest BCUT2D eigenvalue weighted by Gasteiger charge is 2.28. The molecule has 1 unspecified atom stereocenters. The van der Waals surface area contributed by atoms with Gasteiger partial charge in [0.2, 0.25) is 0 Å². The number of phosphoric acid groups is 1. The van der Waals surface area contributed by atoms with Crippen LogP contribution in [-0.2, 0) is 37.5 Å². The Morgan fingerprint density at radius 3 is 1.39 bits per heavy atom. The monoisotopic (exact) mass is 779 g/mol. The molecule has 0 fully saturated rings. The number of aliphatic carboxylic acids is 1. The fraction of sp³-hybridized carbons (Fsp3) is 0.643. The van der Waals surface area contributed by atoms with Gasteiger partial charge in [0.15, 0.2) is 6.10 Å². The molecule has 0 heterocycles. The Kier molecular flexibility index (Phi) is 34.8. The van der Waals surface area contributed by atoms with Crippen LogP contribution in [0.3, 0.4) is 0 Å². The molecule has 0 aliphatic carbocycles. The van der Waals surface area contributed by atoms with Crippen molar-refractivity contribution in [3.63, 3.8) is 0 Å². The zero-order chi connectivity index (χ0) is 40.0. The zero-order valence-corrected chi connectivity index (χ0v) is 33.9. The number of hydrogen-bond acceptors (Lipinski definition) is 9. The third kappa shape index (κ3) is 35.9. The van der Waals surface area contributed by atoms with Crippen molar-refractivity contribution in [3.8, 4) is 0 Å². The van der Waals surface area contributed by atoms with Crippen molar-refractivity contribution in [2.45, 2.75) is 154 Å². The van der Waals surface area contributed by atoms with Gasteiger partial charge in [-0.15, -0.1) is 0 Å². The van der Waals surface area contributed by atoms with Gasteiger partial charge in [-0.3, -0.25) is 23.4 Å². The first-order chi connectivity index (χ1) is 26.1. The van der Waals surface area contributed by atoms with Crippen LogP contribution < -0.4 is 5.73 Å². The van der Waals surface area contributed by atoms with E-state index in [2.05, 4.69) is 91.3 Å². The number of carboxylic acid groups (broad SMARTS) is 1. The van der Waals surface area contributed by atoms with Crippen LogP contribution in [0.5, 0.6) is 0 Å². The number of rotatable bonds is 36. The zero-order valence-electron chi connectivity index (χ0n) is 33.0. The predicted molar refractivity (Wildman–Crippen MR) is 217 cm³/mol. The lowest BCUT2D eigenvalue weighted by atomic mass is 10.1. The standard InChI is InChI=1S/C42H70NO10P/c1-3-5-7-9-11-13-15-17-19-21-23-25-27-29-31-33-40(44)50-35-38(36-51-54(48,49)52-37-39(43)42(46)47)53-41(45)34-32-30-28-26-24-22-20-18-16-14-12-10-8-6-4-2/h11-14,17-20,23-26,38-39H,3-10,15-16,21-22,27-37,43H2,1-2H3,(H,46,47)(H,48,49)/b13-11+,14-12+,19-17+,20-18+,25-23+,26-24+/t38-,39+/m1/s1. The van der Waals surface area contributed by atoms with Crippen LogP contribution in [-0.4, -0.2) is 59.9 Å². The van der Waals surface area contributed by atoms with E-state index < -0.39 is 51.1 Å². The van der Waals surface area contributed by atoms with E-state index in [0.29, 0.717) is 12.8 Å². The number of carboxylic acids is 1. The van der Waals surface area contributed by atoms with Crippen LogP contribution in [0.4, 0.5) is 0 Å². The van der Waals surface area contributed by atoms with E-state index in [4.69, 9.17) is 24.8 Å². The third-order valence-corrected chi connectivity index (χ3v) is 8.88. The molecule has 0 aliphatic rings. The quantitative estimate of drug-likeness (QED) is 0.0239. The van der Waals surface area contributed by atoms with E-state index in [1.807, 2.05) is 0 Å². The summed E-state index contributed by atoms with van der Waals surface area (Å²) >= 11 is 0. The molecule has 0 aromatic heterocycles. The van der Waals surface area contributed by atoms with E-state index in [1.165, 1.54) is 38.5 Å². The number of esters is 2. The van der Waals surface area contributed by atoms with Gasteiger partial charge in [-0.2, -0.15) is 0 Å². The Balaban J connectivity index is 4.58. The second kappa shape index (κ2) is 36.9. The molecule has 3 atom stereocenters. The van der Waals surface area contributed by atoms with E-state index >= 15 is 0 Å². The summed E-state index contributed by atoms with van der Waals surface area (Å²) in [4.78, 5) is 45.8. The molecule has 4 N–H and O–H groups in total. The molecule has 11 nitrogen and oxygen atoms in total. The fourth-order valence-electron chi connectivity index (χ4n) is 4.72. The van der Waals surface area contributed by atoms with Crippen LogP contribution in [0.25, 0.3) is 0 Å². The molecule has 0 aromatic rings. The van der Waals surface area contributed by atoms with E-state index in [0.717, 1.165) is 64.2 Å². The Labute approximate surface area is 325 Å². The minimum absolute atomic E-state index is 0.100. The maximum absolute atomic E-state index is 12.6. The first-order valence-electron chi connectivity index (χ1n) is 20.0. The van der Waals surface area contributed by atoms with Gasteiger partial charge in [0.1, 0.15) is 12.6 Å². The molecule has 308 valence electrons. The molecule has 0 radical (unpaired) electrons. The lowest BCUT2D eigenvalue weighted by molar-refractivity contribution is -0.161. The lowest BCUT2D eigenvalue weighted by Gasteiger charge is -2.20. The van der Waals surface area contributed by atoms with Crippen molar-refractivity contribution in [2.24, 2.45) is 5.73 Å². The second-order valence-corrected chi connectivity index (χ2v) is 14.5. The Hall–Kier alpha value is -3.08. The van der Waals surface area contributed by atoms with Crippen LogP contribution in [0.2, 0.25) is 0 Å². The molecule has 0 aromatic carbocycles. The summed E-state index contributed by atoms with van der Waals surface area (Å²) in [7, 11) is -4.74. The molecule has 0 rings (SSSR count). The molecule has 0 saturated carbocycles. The number of ether oxygens (including phenoxy) is 2. The average molecular weight is 780 g/mol. The summed E-state index contributed by atoms with van der Waals surface area (Å²) in [5.74, 6) is -2.49. The Morgan fingerprint density at radius 2 is 0.963 bits per heavy atom. The van der Waals surface area contributed by atoms with E-state index in [9.17, 15) is 23.8 Å². The topological polar surface area (TPSA) is 172 Å². The molecule has 0 amide bonds. The first-order valence-corrected chi connectivity index (χ1v) is 21.5. The fourth-order valence-corrected chi connectivity index (χ4v) is 5.50. The van der Waals surface area contributed by atoms with Crippen LogP contribution in [0.1, 0.15) is 142 Å². The lowest BCUT2D eigenvalue weighted by Crippen LogP contribution is -2.34. The molecular weight excluding hydrogens is 709 g/mol. The average Bonchev–Trinajstić information content (AvgIpc) is 3.14. The van der Waals surface area contributed by atoms with Gasteiger partial charge in [0, 0.05) is 12.8 Å². The molecule has 0 spiro atoms. The van der Waals surface area contributed by atoms with Crippen molar-refractivity contribution < 1.29 is 47.5 Å². The largest absolute Gasteiger partial charge is 0.480 e. The van der Waals surface area contributed by atoms with Crippen molar-refractivity contribution in [3.05, 3.63) is 72.9 Å². The van der Waals surface area contributed by atoms with Crippen molar-refractivity contribution in [1.29, 1.82) is 0 Å². The Bertz CT molecular complexity index is 1190. The number of allylic oxidation sites excluding steroid dienone is 12. The summed E-state index contributed by atoms with van der Waals surface area (Å²) in [6.07, 6.45) is 42.6. The minimum atomic E-state index is -4.74. The highest BCUT2D eigenvalue weighted by molar-refractivity contribution is 7.47. The number of nitrogens with two attached hydrogens (primary N) is 1. The first kappa shape index (κ1) is 50.9. The number of carbonyl (C=O) groups excluding carboxylic acids is 2. The predicted octanol–water partition coefficient (Wildman–Crippen LogP) is 10.2. The smallest absolute Gasteiger partial charge is 0.472 e. The van der Waals surface area contributed by atoms with Gasteiger partial charge < -0.3 is 25.2 Å². The summed E-state index contributed by atoms with van der Waals surface area (Å²) in [5, 5.41) is 8.87. The van der Waals surface area contributed by atoms with E-state index in [1.54, 1.807) is 0 Å². The SMILES string of the molecule is CCCCC/C=C/C/C=C/C/C=C/CCCCC(=O)OC[C@H](COP(=O)(O)OC[C@H](N)C(=O)O)OC(=O)CCCC/C=C/C/C=C/C/C=C/CCCCC. The summed E-state index contributed by atoms with van der Waals surface area (Å²) in [6, 6.07) is -1.54. The van der Waals surface area contributed by atoms with Gasteiger partial charge in [-0.1, -0.05) is 112 Å². The summed E-state index contributed by atoms with van der Waals surface area (Å²) < 4.78 is 32.5. The van der Waals surface area contributed by atoms with Gasteiger partial charge in [0.25, 0.3) is 0 Å². The van der Waals surface area contributed by atoms with Crippen molar-refractivity contribution >= 4 is 25.7 Å². The maximum Gasteiger partial charge on any atom is 0.472 e. The minimum Gasteiger partial charge on any atom is -0.480 e. The van der Waals surface area contributed by atoms with E-state index in [-0.39, 0.29) is 19.4 Å². The molecule has 12 heteroatoms. The molecule has 0 saturated heterocycles. The number of phosphoric ester groups is 1. The number of carbonyl (C=O) groups is 3. The number of unbranched alkanes of at least 4 members (excludes halogenated alkanes) is 10. The van der Waals surface area contributed by atoms with Gasteiger partial charge >= 0.3 is 25.7 Å². The molecule has 0 aliphatic heterocycles. The highest BCUT2D eigenvalue weighted by atomic mass is 31.2. The molecular formula is C42H70NO10P. The summed E-state index contributed by atoms with van der Waals surface area (Å²) in [6.45, 7) is 2.63. The summed E-state index contributed by atoms with van der Waals surface area (Å²) in [5.41, 5.74) is 5.31. The highest BCUT2D eigenvalue weighted by Crippen LogP contribution is 2.43. The van der Waals surface area contributed by atoms with Crippen LogP contribution in [0, 0.1) is 0 Å². The normalized spacial score (nSPS) is 14.6. The van der Waals surface area contributed by atoms with Crippen LogP contribution >= 0.6 is 7.82 Å². The van der Waals surface area contributed by atoms with Gasteiger partial charge in [-0.25, -0.2) is 4.57 Å². The second-order valence-electron chi connectivity index (χ2n) is 13.1.